The molecule has 0 radical (unpaired) electrons. The van der Waals surface area contributed by atoms with E-state index in [9.17, 15) is 4.79 Å². The molecule has 0 aromatic heterocycles. The fourth-order valence-electron chi connectivity index (χ4n) is 2.56. The van der Waals surface area contributed by atoms with Crippen molar-refractivity contribution in [3.05, 3.63) is 35.4 Å². The van der Waals surface area contributed by atoms with Crippen LogP contribution in [-0.4, -0.2) is 23.4 Å². The van der Waals surface area contributed by atoms with Gasteiger partial charge >= 0.3 is 0 Å². The first-order chi connectivity index (χ1) is 8.61. The summed E-state index contributed by atoms with van der Waals surface area (Å²) in [6, 6.07) is 9.25. The summed E-state index contributed by atoms with van der Waals surface area (Å²) >= 11 is 0. The lowest BCUT2D eigenvalue weighted by Crippen LogP contribution is -2.44. The zero-order valence-corrected chi connectivity index (χ0v) is 10.9. The first kappa shape index (κ1) is 12.6. The van der Waals surface area contributed by atoms with E-state index >= 15 is 0 Å². The Labute approximate surface area is 108 Å². The Hall–Kier alpha value is -1.82. The summed E-state index contributed by atoms with van der Waals surface area (Å²) in [4.78, 5) is 14.3. The van der Waals surface area contributed by atoms with Crippen LogP contribution in [0.15, 0.2) is 24.3 Å². The van der Waals surface area contributed by atoms with Crippen LogP contribution in [0.2, 0.25) is 0 Å². The van der Waals surface area contributed by atoms with Crippen LogP contribution in [0, 0.1) is 17.2 Å². The number of hydrogen-bond acceptors (Lipinski definition) is 2. The topological polar surface area (TPSA) is 44.1 Å². The van der Waals surface area contributed by atoms with Crippen molar-refractivity contribution in [1.29, 1.82) is 5.26 Å². The van der Waals surface area contributed by atoms with Crippen LogP contribution in [0.1, 0.15) is 42.6 Å². The molecule has 1 aromatic rings. The molecule has 0 bridgehead atoms. The highest BCUT2D eigenvalue weighted by molar-refractivity contribution is 5.94. The van der Waals surface area contributed by atoms with Crippen LogP contribution in [0.3, 0.4) is 0 Å². The van der Waals surface area contributed by atoms with E-state index < -0.39 is 0 Å². The van der Waals surface area contributed by atoms with Gasteiger partial charge in [0, 0.05) is 18.2 Å². The van der Waals surface area contributed by atoms with Gasteiger partial charge in [-0.25, -0.2) is 0 Å². The van der Waals surface area contributed by atoms with E-state index in [4.69, 9.17) is 5.26 Å². The smallest absolute Gasteiger partial charge is 0.254 e. The second kappa shape index (κ2) is 5.22. The van der Waals surface area contributed by atoms with Crippen molar-refractivity contribution in [2.75, 3.05) is 6.54 Å². The van der Waals surface area contributed by atoms with Crippen LogP contribution in [-0.2, 0) is 0 Å². The Kier molecular flexibility index (Phi) is 3.66. The summed E-state index contributed by atoms with van der Waals surface area (Å²) in [5.41, 5.74) is 1.27. The molecule has 0 spiro atoms. The normalized spacial score (nSPS) is 23.5. The molecule has 2 atom stereocenters. The zero-order valence-electron chi connectivity index (χ0n) is 10.9. The SMILES string of the molecule is CC1CCN(C(=O)c2ccc(C#N)cc2)C(C)C1. The summed E-state index contributed by atoms with van der Waals surface area (Å²) in [6.07, 6.45) is 2.15. The molecule has 0 aliphatic carbocycles. The third kappa shape index (κ3) is 2.53. The maximum Gasteiger partial charge on any atom is 0.254 e. The van der Waals surface area contributed by atoms with Crippen molar-refractivity contribution < 1.29 is 4.79 Å². The van der Waals surface area contributed by atoms with Crippen LogP contribution >= 0.6 is 0 Å². The van der Waals surface area contributed by atoms with Gasteiger partial charge in [-0.1, -0.05) is 6.92 Å². The monoisotopic (exact) mass is 242 g/mol. The maximum atomic E-state index is 12.4. The lowest BCUT2D eigenvalue weighted by Gasteiger charge is -2.36. The Balaban J connectivity index is 2.13. The predicted molar refractivity (Wildman–Crippen MR) is 70.1 cm³/mol. The molecule has 3 nitrogen and oxygen atoms in total. The van der Waals surface area contributed by atoms with Crippen molar-refractivity contribution >= 4 is 5.91 Å². The Morgan fingerprint density at radius 2 is 2.00 bits per heavy atom. The molecule has 1 aromatic carbocycles. The van der Waals surface area contributed by atoms with E-state index in [1.165, 1.54) is 0 Å². The summed E-state index contributed by atoms with van der Waals surface area (Å²) in [7, 11) is 0. The van der Waals surface area contributed by atoms with Gasteiger partial charge in [-0.05, 0) is 49.9 Å². The number of nitrogens with zero attached hydrogens (tertiary/aromatic N) is 2. The number of carbonyl (C=O) groups is 1. The van der Waals surface area contributed by atoms with Gasteiger partial charge in [0.25, 0.3) is 5.91 Å². The quantitative estimate of drug-likeness (QED) is 0.760. The average molecular weight is 242 g/mol. The van der Waals surface area contributed by atoms with Crippen molar-refractivity contribution in [2.45, 2.75) is 32.7 Å². The van der Waals surface area contributed by atoms with Crippen molar-refractivity contribution in [3.8, 4) is 6.07 Å². The fourth-order valence-corrected chi connectivity index (χ4v) is 2.56. The number of benzene rings is 1. The second-order valence-electron chi connectivity index (χ2n) is 5.17. The van der Waals surface area contributed by atoms with Gasteiger partial charge in [0.15, 0.2) is 0 Å². The first-order valence-corrected chi connectivity index (χ1v) is 6.43. The predicted octanol–water partition coefficient (Wildman–Crippen LogP) is 2.82. The van der Waals surface area contributed by atoms with E-state index in [2.05, 4.69) is 19.9 Å². The number of hydrogen-bond donors (Lipinski definition) is 0. The molecular weight excluding hydrogens is 224 g/mol. The minimum Gasteiger partial charge on any atom is -0.336 e. The molecule has 1 heterocycles. The number of piperidine rings is 1. The Bertz CT molecular complexity index is 472. The maximum absolute atomic E-state index is 12.4. The third-order valence-corrected chi connectivity index (χ3v) is 3.66. The van der Waals surface area contributed by atoms with Gasteiger partial charge in [0.05, 0.1) is 11.6 Å². The van der Waals surface area contributed by atoms with Crippen LogP contribution in [0.25, 0.3) is 0 Å². The molecule has 3 heteroatoms. The number of carbonyl (C=O) groups excluding carboxylic acids is 1. The highest BCUT2D eigenvalue weighted by Gasteiger charge is 2.27. The number of rotatable bonds is 1. The molecule has 0 N–H and O–H groups in total. The van der Waals surface area contributed by atoms with Gasteiger partial charge in [0.1, 0.15) is 0 Å². The zero-order chi connectivity index (χ0) is 13.1. The van der Waals surface area contributed by atoms with Crippen molar-refractivity contribution in [3.63, 3.8) is 0 Å². The molecule has 18 heavy (non-hydrogen) atoms. The summed E-state index contributed by atoms with van der Waals surface area (Å²) in [5, 5.41) is 8.74. The fraction of sp³-hybridized carbons (Fsp3) is 0.467. The molecule has 1 amide bonds. The number of likely N-dealkylation sites (tertiary alicyclic amines) is 1. The van der Waals surface area contributed by atoms with Gasteiger partial charge in [0.2, 0.25) is 0 Å². The first-order valence-electron chi connectivity index (χ1n) is 6.43. The molecule has 1 saturated heterocycles. The van der Waals surface area contributed by atoms with E-state index in [1.807, 2.05) is 4.90 Å². The molecular formula is C15H18N2O. The van der Waals surface area contributed by atoms with E-state index in [0.29, 0.717) is 23.1 Å². The van der Waals surface area contributed by atoms with Gasteiger partial charge in [-0.2, -0.15) is 5.26 Å². The Morgan fingerprint density at radius 3 is 2.56 bits per heavy atom. The standard InChI is InChI=1S/C15H18N2O/c1-11-7-8-17(12(2)9-11)15(18)14-5-3-13(10-16)4-6-14/h3-6,11-12H,7-9H2,1-2H3. The molecule has 2 unspecified atom stereocenters. The minimum absolute atomic E-state index is 0.0823. The van der Waals surface area contributed by atoms with Gasteiger partial charge < -0.3 is 4.90 Å². The van der Waals surface area contributed by atoms with Crippen LogP contribution in [0.4, 0.5) is 0 Å². The molecule has 94 valence electrons. The van der Waals surface area contributed by atoms with Gasteiger partial charge in [-0.15, -0.1) is 0 Å². The Morgan fingerprint density at radius 1 is 1.33 bits per heavy atom. The molecule has 0 saturated carbocycles. The average Bonchev–Trinajstić information content (AvgIpc) is 2.38. The van der Waals surface area contributed by atoms with Crippen molar-refractivity contribution in [1.82, 2.24) is 4.90 Å². The number of amides is 1. The second-order valence-corrected chi connectivity index (χ2v) is 5.17. The van der Waals surface area contributed by atoms with E-state index in [-0.39, 0.29) is 5.91 Å². The molecule has 1 aliphatic heterocycles. The highest BCUT2D eigenvalue weighted by Crippen LogP contribution is 2.23. The number of nitriles is 1. The molecule has 1 fully saturated rings. The minimum atomic E-state index is 0.0823. The molecule has 2 rings (SSSR count). The van der Waals surface area contributed by atoms with Gasteiger partial charge in [-0.3, -0.25) is 4.79 Å². The largest absolute Gasteiger partial charge is 0.336 e. The summed E-state index contributed by atoms with van der Waals surface area (Å²) in [5.74, 6) is 0.781. The van der Waals surface area contributed by atoms with Crippen LogP contribution in [0.5, 0.6) is 0 Å². The lowest BCUT2D eigenvalue weighted by atomic mass is 9.93. The van der Waals surface area contributed by atoms with E-state index in [1.54, 1.807) is 24.3 Å². The molecule has 1 aliphatic rings. The van der Waals surface area contributed by atoms with E-state index in [0.717, 1.165) is 19.4 Å². The summed E-state index contributed by atoms with van der Waals surface area (Å²) < 4.78 is 0. The van der Waals surface area contributed by atoms with Crippen LogP contribution < -0.4 is 0 Å². The highest BCUT2D eigenvalue weighted by atomic mass is 16.2. The lowest BCUT2D eigenvalue weighted by molar-refractivity contribution is 0.0588. The summed E-state index contributed by atoms with van der Waals surface area (Å²) in [6.45, 7) is 5.18. The third-order valence-electron chi connectivity index (χ3n) is 3.66. The van der Waals surface area contributed by atoms with Crippen molar-refractivity contribution in [2.24, 2.45) is 5.92 Å².